The minimum Gasteiger partial charge on any atom is -0.399 e. The van der Waals surface area contributed by atoms with Crippen molar-refractivity contribution < 1.29 is 0 Å². The molecule has 2 nitrogen and oxygen atoms in total. The first-order chi connectivity index (χ1) is 10.8. The first kappa shape index (κ1) is 13.0. The van der Waals surface area contributed by atoms with Crippen molar-refractivity contribution >= 4 is 27.5 Å². The van der Waals surface area contributed by atoms with Crippen LogP contribution < -0.4 is 5.73 Å². The summed E-state index contributed by atoms with van der Waals surface area (Å²) in [4.78, 5) is 0. The second-order valence-corrected chi connectivity index (χ2v) is 5.59. The Bertz CT molecular complexity index is 962. The molecule has 2 N–H and O–H groups in total. The molecule has 4 aromatic rings. The maximum absolute atomic E-state index is 5.83. The number of nitrogens with two attached hydrogens (primary N) is 1. The fourth-order valence-corrected chi connectivity index (χ4v) is 3.33. The molecule has 0 fully saturated rings. The summed E-state index contributed by atoms with van der Waals surface area (Å²) in [5.74, 6) is 0. The van der Waals surface area contributed by atoms with Crippen molar-refractivity contribution in [1.82, 2.24) is 4.57 Å². The number of nitrogen functional groups attached to an aromatic ring is 1. The number of fused-ring (bicyclic) bond motifs is 3. The number of benzene rings is 3. The number of anilines is 1. The van der Waals surface area contributed by atoms with Crippen LogP contribution in [-0.4, -0.2) is 4.57 Å². The minimum atomic E-state index is 0.798. The molecule has 0 aliphatic carbocycles. The molecule has 3 aromatic carbocycles. The third-order valence-electron chi connectivity index (χ3n) is 4.33. The van der Waals surface area contributed by atoms with Crippen LogP contribution in [0, 0.1) is 0 Å². The topological polar surface area (TPSA) is 30.9 Å². The van der Waals surface area contributed by atoms with Gasteiger partial charge in [-0.05, 0) is 30.7 Å². The van der Waals surface area contributed by atoms with Gasteiger partial charge in [-0.1, -0.05) is 48.5 Å². The van der Waals surface area contributed by atoms with Gasteiger partial charge in [-0.25, -0.2) is 0 Å². The van der Waals surface area contributed by atoms with Crippen molar-refractivity contribution in [3.05, 3.63) is 66.7 Å². The Hall–Kier alpha value is -2.74. The average Bonchev–Trinajstić information content (AvgIpc) is 2.89. The monoisotopic (exact) mass is 286 g/mol. The molecule has 1 heterocycles. The summed E-state index contributed by atoms with van der Waals surface area (Å²) in [6.07, 6.45) is 0. The molecule has 4 rings (SSSR count). The highest BCUT2D eigenvalue weighted by atomic mass is 15.0. The Kier molecular flexibility index (Phi) is 2.90. The zero-order chi connectivity index (χ0) is 15.1. The molecule has 108 valence electrons. The largest absolute Gasteiger partial charge is 0.399 e. The van der Waals surface area contributed by atoms with Crippen molar-refractivity contribution in [2.24, 2.45) is 0 Å². The van der Waals surface area contributed by atoms with E-state index in [1.807, 2.05) is 12.1 Å². The van der Waals surface area contributed by atoms with Crippen molar-refractivity contribution in [2.45, 2.75) is 13.5 Å². The number of nitrogens with zero attached hydrogens (tertiary/aromatic N) is 1. The molecule has 1 aromatic heterocycles. The van der Waals surface area contributed by atoms with Crippen LogP contribution in [0.4, 0.5) is 5.69 Å². The quantitative estimate of drug-likeness (QED) is 0.513. The lowest BCUT2D eigenvalue weighted by Gasteiger charge is -2.09. The molecule has 0 bridgehead atoms. The van der Waals surface area contributed by atoms with E-state index in [0.717, 1.165) is 12.2 Å². The summed E-state index contributed by atoms with van der Waals surface area (Å²) in [7, 11) is 0. The van der Waals surface area contributed by atoms with Gasteiger partial charge in [0.15, 0.2) is 0 Å². The second-order valence-electron chi connectivity index (χ2n) is 5.59. The van der Waals surface area contributed by atoms with Crippen molar-refractivity contribution in [3.63, 3.8) is 0 Å². The Balaban J connectivity index is 2.14. The van der Waals surface area contributed by atoms with Crippen LogP contribution in [0.25, 0.3) is 32.9 Å². The second kappa shape index (κ2) is 4.92. The van der Waals surface area contributed by atoms with Crippen molar-refractivity contribution in [2.75, 3.05) is 5.73 Å². The van der Waals surface area contributed by atoms with Crippen LogP contribution in [0.15, 0.2) is 66.7 Å². The highest BCUT2D eigenvalue weighted by Gasteiger charge is 2.13. The average molecular weight is 286 g/mol. The van der Waals surface area contributed by atoms with Crippen LogP contribution >= 0.6 is 0 Å². The molecule has 0 saturated carbocycles. The molecule has 0 saturated heterocycles. The fraction of sp³-hybridized carbons (Fsp3) is 0.100. The van der Waals surface area contributed by atoms with Crippen molar-refractivity contribution in [1.29, 1.82) is 0 Å². The van der Waals surface area contributed by atoms with Gasteiger partial charge in [0.25, 0.3) is 0 Å². The normalized spacial score (nSPS) is 11.3. The summed E-state index contributed by atoms with van der Waals surface area (Å²) < 4.78 is 2.40. The maximum Gasteiger partial charge on any atom is 0.0570 e. The lowest BCUT2D eigenvalue weighted by Crippen LogP contribution is -1.95. The Morgan fingerprint density at radius 3 is 2.32 bits per heavy atom. The van der Waals surface area contributed by atoms with E-state index in [9.17, 15) is 0 Å². The SMILES string of the molecule is CCn1c2ccccc2c2cccc(-c3ccc(N)cc3)c21. The molecule has 2 heteroatoms. The smallest absolute Gasteiger partial charge is 0.0570 e. The maximum atomic E-state index is 5.83. The number of para-hydroxylation sites is 2. The Labute approximate surface area is 129 Å². The molecule has 0 amide bonds. The summed E-state index contributed by atoms with van der Waals surface area (Å²) in [5.41, 5.74) is 11.7. The Morgan fingerprint density at radius 2 is 1.55 bits per heavy atom. The van der Waals surface area contributed by atoms with E-state index in [4.69, 9.17) is 5.73 Å². The molecule has 0 aliphatic heterocycles. The summed E-state index contributed by atoms with van der Waals surface area (Å²) in [6, 6.07) is 23.3. The summed E-state index contributed by atoms with van der Waals surface area (Å²) in [5, 5.41) is 2.63. The fourth-order valence-electron chi connectivity index (χ4n) is 3.33. The molecular formula is C20H18N2. The number of aromatic nitrogens is 1. The molecular weight excluding hydrogens is 268 g/mol. The standard InChI is InChI=1S/C20H18N2/c1-2-22-19-9-4-3-6-17(19)18-8-5-7-16(20(18)22)14-10-12-15(21)13-11-14/h3-13H,2,21H2,1H3. The Morgan fingerprint density at radius 1 is 0.818 bits per heavy atom. The van der Waals surface area contributed by atoms with Crippen LogP contribution in [0.2, 0.25) is 0 Å². The van der Waals surface area contributed by atoms with E-state index < -0.39 is 0 Å². The predicted octanol–water partition coefficient (Wildman–Crippen LogP) is 5.06. The van der Waals surface area contributed by atoms with Gasteiger partial charge in [-0.2, -0.15) is 0 Å². The first-order valence-electron chi connectivity index (χ1n) is 7.65. The third-order valence-corrected chi connectivity index (χ3v) is 4.33. The van der Waals surface area contributed by atoms with Gasteiger partial charge in [0, 0.05) is 34.1 Å². The van der Waals surface area contributed by atoms with Gasteiger partial charge < -0.3 is 10.3 Å². The van der Waals surface area contributed by atoms with Crippen LogP contribution in [0.5, 0.6) is 0 Å². The number of hydrogen-bond donors (Lipinski definition) is 1. The van der Waals surface area contributed by atoms with Crippen LogP contribution in [-0.2, 0) is 6.54 Å². The lowest BCUT2D eigenvalue weighted by atomic mass is 10.0. The van der Waals surface area contributed by atoms with Gasteiger partial charge in [-0.3, -0.25) is 0 Å². The van der Waals surface area contributed by atoms with Gasteiger partial charge in [0.2, 0.25) is 0 Å². The predicted molar refractivity (Wildman–Crippen MR) is 95.0 cm³/mol. The molecule has 0 unspecified atom stereocenters. The van der Waals surface area contributed by atoms with E-state index in [-0.39, 0.29) is 0 Å². The summed E-state index contributed by atoms with van der Waals surface area (Å²) >= 11 is 0. The zero-order valence-corrected chi connectivity index (χ0v) is 12.6. The van der Waals surface area contributed by atoms with E-state index in [2.05, 4.69) is 66.1 Å². The van der Waals surface area contributed by atoms with Crippen LogP contribution in [0.1, 0.15) is 6.92 Å². The van der Waals surface area contributed by atoms with Crippen LogP contribution in [0.3, 0.4) is 0 Å². The molecule has 22 heavy (non-hydrogen) atoms. The first-order valence-corrected chi connectivity index (χ1v) is 7.65. The van der Waals surface area contributed by atoms with E-state index in [0.29, 0.717) is 0 Å². The van der Waals surface area contributed by atoms with E-state index in [1.54, 1.807) is 0 Å². The van der Waals surface area contributed by atoms with Gasteiger partial charge in [0.1, 0.15) is 0 Å². The zero-order valence-electron chi connectivity index (χ0n) is 12.6. The number of rotatable bonds is 2. The summed E-state index contributed by atoms with van der Waals surface area (Å²) in [6.45, 7) is 3.15. The molecule has 0 atom stereocenters. The molecule has 0 aliphatic rings. The third kappa shape index (κ3) is 1.81. The lowest BCUT2D eigenvalue weighted by molar-refractivity contribution is 0.828. The van der Waals surface area contributed by atoms with E-state index >= 15 is 0 Å². The molecule has 0 radical (unpaired) electrons. The van der Waals surface area contributed by atoms with Gasteiger partial charge in [0.05, 0.1) is 5.52 Å². The van der Waals surface area contributed by atoms with Gasteiger partial charge in [-0.15, -0.1) is 0 Å². The molecule has 0 spiro atoms. The highest BCUT2D eigenvalue weighted by molar-refractivity contribution is 6.12. The van der Waals surface area contributed by atoms with Crippen molar-refractivity contribution in [3.8, 4) is 11.1 Å². The minimum absolute atomic E-state index is 0.798. The highest BCUT2D eigenvalue weighted by Crippen LogP contribution is 2.35. The van der Waals surface area contributed by atoms with Gasteiger partial charge >= 0.3 is 0 Å². The number of aryl methyl sites for hydroxylation is 1. The van der Waals surface area contributed by atoms with E-state index in [1.165, 1.54) is 32.9 Å². The number of hydrogen-bond acceptors (Lipinski definition) is 1.